The number of aromatic nitrogens is 2. The van der Waals surface area contributed by atoms with Crippen molar-refractivity contribution >= 4 is 33.1 Å². The van der Waals surface area contributed by atoms with E-state index in [2.05, 4.69) is 15.3 Å². The molecule has 0 aliphatic heterocycles. The van der Waals surface area contributed by atoms with Crippen LogP contribution in [0.5, 0.6) is 17.2 Å². The van der Waals surface area contributed by atoms with Gasteiger partial charge in [0.05, 0.1) is 12.0 Å². The maximum absolute atomic E-state index is 12.9. The second-order valence-electron chi connectivity index (χ2n) is 6.82. The van der Waals surface area contributed by atoms with Gasteiger partial charge in [-0.25, -0.2) is 9.97 Å². The van der Waals surface area contributed by atoms with Gasteiger partial charge in [-0.15, -0.1) is 11.3 Å². The van der Waals surface area contributed by atoms with Crippen LogP contribution in [-0.4, -0.2) is 23.0 Å². The molecule has 2 aromatic carbocycles. The second-order valence-corrected chi connectivity index (χ2v) is 7.82. The average Bonchev–Trinajstić information content (AvgIpc) is 3.06. The molecule has 4 rings (SSSR count). The number of hydrogen-bond acceptors (Lipinski definition) is 6. The van der Waals surface area contributed by atoms with Gasteiger partial charge in [0.1, 0.15) is 16.4 Å². The molecular formula is C23H21N3O3S. The number of ether oxygens (including phenoxy) is 2. The molecule has 2 heterocycles. The molecule has 0 aliphatic carbocycles. The summed E-state index contributed by atoms with van der Waals surface area (Å²) in [7, 11) is 1.60. The smallest absolute Gasteiger partial charge is 0.266 e. The van der Waals surface area contributed by atoms with E-state index in [1.54, 1.807) is 31.4 Å². The summed E-state index contributed by atoms with van der Waals surface area (Å²) in [6.07, 6.45) is 0. The summed E-state index contributed by atoms with van der Waals surface area (Å²) in [6.45, 7) is 5.73. The molecule has 2 aromatic heterocycles. The van der Waals surface area contributed by atoms with E-state index in [9.17, 15) is 4.79 Å². The normalized spacial score (nSPS) is 10.8. The Balaban J connectivity index is 1.52. The molecule has 0 atom stereocenters. The minimum Gasteiger partial charge on any atom is -0.493 e. The molecule has 0 aliphatic rings. The minimum absolute atomic E-state index is 0.161. The molecule has 6 nitrogen and oxygen atoms in total. The number of nitrogens with one attached hydrogen (secondary N) is 1. The molecular weight excluding hydrogens is 398 g/mol. The SMILES string of the molecule is COc1ccccc1Oc1ccc(NC(=O)c2sc3nc(C)nc(C)c3c2C)cc1. The van der Waals surface area contributed by atoms with E-state index >= 15 is 0 Å². The van der Waals surface area contributed by atoms with E-state index < -0.39 is 0 Å². The van der Waals surface area contributed by atoms with Crippen LogP contribution in [0, 0.1) is 20.8 Å². The molecule has 152 valence electrons. The van der Waals surface area contributed by atoms with Gasteiger partial charge in [0.15, 0.2) is 11.5 Å². The van der Waals surface area contributed by atoms with Crippen LogP contribution in [0.2, 0.25) is 0 Å². The summed E-state index contributed by atoms with van der Waals surface area (Å²) >= 11 is 1.39. The first-order valence-electron chi connectivity index (χ1n) is 9.43. The molecule has 0 radical (unpaired) electrons. The highest BCUT2D eigenvalue weighted by molar-refractivity contribution is 7.20. The van der Waals surface area contributed by atoms with E-state index in [-0.39, 0.29) is 5.91 Å². The van der Waals surface area contributed by atoms with Gasteiger partial charge in [-0.2, -0.15) is 0 Å². The fraction of sp³-hybridized carbons (Fsp3) is 0.174. The van der Waals surface area contributed by atoms with Crippen LogP contribution in [0.3, 0.4) is 0 Å². The number of carbonyl (C=O) groups excluding carboxylic acids is 1. The van der Waals surface area contributed by atoms with Gasteiger partial charge in [-0.3, -0.25) is 4.79 Å². The van der Waals surface area contributed by atoms with E-state index in [4.69, 9.17) is 9.47 Å². The largest absolute Gasteiger partial charge is 0.493 e. The number of anilines is 1. The van der Waals surface area contributed by atoms with Crippen molar-refractivity contribution in [1.82, 2.24) is 9.97 Å². The molecule has 7 heteroatoms. The lowest BCUT2D eigenvalue weighted by atomic mass is 10.1. The van der Waals surface area contributed by atoms with Crippen LogP contribution >= 0.6 is 11.3 Å². The Morgan fingerprint density at radius 2 is 1.67 bits per heavy atom. The van der Waals surface area contributed by atoms with Gasteiger partial charge >= 0.3 is 0 Å². The third-order valence-corrected chi connectivity index (χ3v) is 5.88. The number of carbonyl (C=O) groups is 1. The first-order chi connectivity index (χ1) is 14.5. The van der Waals surface area contributed by atoms with Gasteiger partial charge in [0.25, 0.3) is 5.91 Å². The molecule has 4 aromatic rings. The van der Waals surface area contributed by atoms with Crippen molar-refractivity contribution in [3.63, 3.8) is 0 Å². The molecule has 0 saturated heterocycles. The zero-order valence-corrected chi connectivity index (χ0v) is 18.0. The Hall–Kier alpha value is -3.45. The van der Waals surface area contributed by atoms with E-state index in [0.717, 1.165) is 21.5 Å². The molecule has 0 saturated carbocycles. The van der Waals surface area contributed by atoms with Gasteiger partial charge in [-0.05, 0) is 62.7 Å². The van der Waals surface area contributed by atoms with Gasteiger partial charge in [-0.1, -0.05) is 12.1 Å². The summed E-state index contributed by atoms with van der Waals surface area (Å²) < 4.78 is 11.2. The Morgan fingerprint density at radius 1 is 0.967 bits per heavy atom. The van der Waals surface area contributed by atoms with Gasteiger partial charge in [0.2, 0.25) is 0 Å². The summed E-state index contributed by atoms with van der Waals surface area (Å²) in [6, 6.07) is 14.7. The monoisotopic (exact) mass is 419 g/mol. The number of amides is 1. The molecule has 0 spiro atoms. The van der Waals surface area contributed by atoms with Gasteiger partial charge in [0, 0.05) is 16.8 Å². The number of nitrogens with zero attached hydrogens (tertiary/aromatic N) is 2. The van der Waals surface area contributed by atoms with Crippen LogP contribution in [0.4, 0.5) is 5.69 Å². The minimum atomic E-state index is -0.161. The average molecular weight is 420 g/mol. The summed E-state index contributed by atoms with van der Waals surface area (Å²) in [5, 5.41) is 3.91. The number of benzene rings is 2. The maximum atomic E-state index is 12.9. The van der Waals surface area contributed by atoms with Crippen LogP contribution in [-0.2, 0) is 0 Å². The molecule has 0 unspecified atom stereocenters. The zero-order valence-electron chi connectivity index (χ0n) is 17.1. The highest BCUT2D eigenvalue weighted by Crippen LogP contribution is 2.33. The van der Waals surface area contributed by atoms with Crippen LogP contribution < -0.4 is 14.8 Å². The van der Waals surface area contributed by atoms with E-state index in [0.29, 0.717) is 33.6 Å². The standard InChI is InChI=1S/C23H21N3O3S/c1-13-20-14(2)24-15(3)25-23(20)30-21(13)22(27)26-16-9-11-17(12-10-16)29-19-8-6-5-7-18(19)28-4/h5-12H,1-4H3,(H,26,27). The van der Waals surface area contributed by atoms with Crippen molar-refractivity contribution in [3.8, 4) is 17.2 Å². The quantitative estimate of drug-likeness (QED) is 0.451. The fourth-order valence-corrected chi connectivity index (χ4v) is 4.49. The van der Waals surface area contributed by atoms with E-state index in [1.807, 2.05) is 45.0 Å². The lowest BCUT2D eigenvalue weighted by molar-refractivity contribution is 0.103. The predicted molar refractivity (Wildman–Crippen MR) is 119 cm³/mol. The van der Waals surface area contributed by atoms with Gasteiger partial charge < -0.3 is 14.8 Å². The van der Waals surface area contributed by atoms with Crippen LogP contribution in [0.15, 0.2) is 48.5 Å². The fourth-order valence-electron chi connectivity index (χ4n) is 3.31. The number of aryl methyl sites for hydroxylation is 3. The number of para-hydroxylation sites is 2. The van der Waals surface area contributed by atoms with E-state index in [1.165, 1.54) is 11.3 Å². The molecule has 0 fully saturated rings. The highest BCUT2D eigenvalue weighted by atomic mass is 32.1. The van der Waals surface area contributed by atoms with Crippen molar-refractivity contribution in [2.75, 3.05) is 12.4 Å². The Morgan fingerprint density at radius 3 is 2.37 bits per heavy atom. The predicted octanol–water partition coefficient (Wildman–Crippen LogP) is 5.67. The van der Waals surface area contributed by atoms with Crippen molar-refractivity contribution in [3.05, 3.63) is 70.5 Å². The number of fused-ring (bicyclic) bond motifs is 1. The highest BCUT2D eigenvalue weighted by Gasteiger charge is 2.19. The number of thiophene rings is 1. The van der Waals surface area contributed by atoms with Crippen LogP contribution in [0.25, 0.3) is 10.2 Å². The molecule has 30 heavy (non-hydrogen) atoms. The third kappa shape index (κ3) is 3.84. The maximum Gasteiger partial charge on any atom is 0.266 e. The van der Waals surface area contributed by atoms with Crippen molar-refractivity contribution in [1.29, 1.82) is 0 Å². The zero-order chi connectivity index (χ0) is 21.3. The third-order valence-electron chi connectivity index (χ3n) is 4.70. The first kappa shape index (κ1) is 19.8. The molecule has 1 N–H and O–H groups in total. The Kier molecular flexibility index (Phi) is 5.37. The van der Waals surface area contributed by atoms with Crippen LogP contribution in [0.1, 0.15) is 26.8 Å². The lowest BCUT2D eigenvalue weighted by Crippen LogP contribution is -2.11. The lowest BCUT2D eigenvalue weighted by Gasteiger charge is -2.10. The summed E-state index contributed by atoms with van der Waals surface area (Å²) in [5.74, 6) is 2.48. The number of hydrogen-bond donors (Lipinski definition) is 1. The van der Waals surface area contributed by atoms with Crippen molar-refractivity contribution in [2.24, 2.45) is 0 Å². The topological polar surface area (TPSA) is 73.3 Å². The molecule has 0 bridgehead atoms. The second kappa shape index (κ2) is 8.12. The number of methoxy groups -OCH3 is 1. The molecule has 1 amide bonds. The van der Waals surface area contributed by atoms with Crippen molar-refractivity contribution < 1.29 is 14.3 Å². The summed E-state index contributed by atoms with van der Waals surface area (Å²) in [4.78, 5) is 23.2. The Bertz CT molecular complexity index is 1230. The van der Waals surface area contributed by atoms with Crippen molar-refractivity contribution in [2.45, 2.75) is 20.8 Å². The number of rotatable bonds is 5. The first-order valence-corrected chi connectivity index (χ1v) is 10.2. The Labute approximate surface area is 178 Å². The summed E-state index contributed by atoms with van der Waals surface area (Å²) in [5.41, 5.74) is 2.48.